The van der Waals surface area contributed by atoms with E-state index >= 15 is 0 Å². The van der Waals surface area contributed by atoms with E-state index < -0.39 is 15.9 Å². The van der Waals surface area contributed by atoms with Gasteiger partial charge in [-0.05, 0) is 59.0 Å². The summed E-state index contributed by atoms with van der Waals surface area (Å²) in [7, 11) is 5.51. The normalized spacial score (nSPS) is 11.3. The van der Waals surface area contributed by atoms with E-state index in [2.05, 4.69) is 21.3 Å². The molecule has 4 aromatic rings. The third-order valence-electron chi connectivity index (χ3n) is 5.10. The summed E-state index contributed by atoms with van der Waals surface area (Å²) in [6.45, 7) is 0. The second-order valence-electron chi connectivity index (χ2n) is 8.17. The van der Waals surface area contributed by atoms with Crippen LogP contribution in [0.4, 0.5) is 28.4 Å². The van der Waals surface area contributed by atoms with E-state index in [-0.39, 0.29) is 16.7 Å². The van der Waals surface area contributed by atoms with Crippen molar-refractivity contribution in [3.05, 3.63) is 135 Å². The van der Waals surface area contributed by atoms with Crippen LogP contribution in [0.2, 0.25) is 0 Å². The number of nitroso groups, excluding NO2 is 2. The van der Waals surface area contributed by atoms with Crippen molar-refractivity contribution in [1.82, 2.24) is 11.7 Å². The number of hydrogen-bond donors (Lipinski definition) is 2. The van der Waals surface area contributed by atoms with E-state index in [1.54, 1.807) is 37.4 Å². The first kappa shape index (κ1) is 36.1. The molecule has 1 fully saturated rings. The molecule has 1 aliphatic heterocycles. The molecule has 225 valence electrons. The van der Waals surface area contributed by atoms with Crippen molar-refractivity contribution >= 4 is 44.3 Å². The summed E-state index contributed by atoms with van der Waals surface area (Å²) >= 11 is -0.402. The third-order valence-corrected chi connectivity index (χ3v) is 5.60. The van der Waals surface area contributed by atoms with Crippen LogP contribution in [-0.4, -0.2) is 41.9 Å². The number of nitrogens with one attached hydrogen (secondary N) is 1. The van der Waals surface area contributed by atoms with Crippen molar-refractivity contribution < 1.29 is 12.6 Å². The maximum atomic E-state index is 10.5. The Morgan fingerprint density at radius 1 is 0.791 bits per heavy atom. The summed E-state index contributed by atoms with van der Waals surface area (Å²) in [4.78, 5) is 22.0. The van der Waals surface area contributed by atoms with E-state index in [9.17, 15) is 20.2 Å². The van der Waals surface area contributed by atoms with Crippen molar-refractivity contribution in [1.29, 1.82) is 0 Å². The lowest BCUT2D eigenvalue weighted by Gasteiger charge is -2.15. The van der Waals surface area contributed by atoms with E-state index in [4.69, 9.17) is 7.78 Å². The van der Waals surface area contributed by atoms with Gasteiger partial charge in [0.15, 0.2) is 0 Å². The smallest absolute Gasteiger partial charge is 0.714 e. The van der Waals surface area contributed by atoms with Crippen molar-refractivity contribution in [2.75, 3.05) is 36.2 Å². The molecule has 0 spiro atoms. The molecule has 43 heavy (non-hydrogen) atoms. The van der Waals surface area contributed by atoms with E-state index in [0.29, 0.717) is 5.69 Å². The second-order valence-corrected chi connectivity index (χ2v) is 8.81. The highest BCUT2D eigenvalue weighted by atomic mass is 27.2. The van der Waals surface area contributed by atoms with E-state index in [0.717, 1.165) is 17.1 Å². The zero-order valence-corrected chi connectivity index (χ0v) is 25.3. The number of rotatable bonds is 6. The molecule has 5 N–H and O–H groups in total. The molecule has 0 unspecified atom stereocenters. The van der Waals surface area contributed by atoms with Gasteiger partial charge in [-0.3, -0.25) is 0 Å². The zero-order valence-electron chi connectivity index (χ0n) is 24.1. The third kappa shape index (κ3) is 13.5. The minimum atomic E-state index is -0.402. The van der Waals surface area contributed by atoms with Crippen LogP contribution in [0.25, 0.3) is 0 Å². The van der Waals surface area contributed by atoms with E-state index in [1.807, 2.05) is 91.8 Å². The maximum absolute atomic E-state index is 10.5. The minimum Gasteiger partial charge on any atom is -0.739 e. The minimum absolute atomic E-state index is 0. The fraction of sp³-hybridized carbons (Fsp3) is 0.111. The van der Waals surface area contributed by atoms with Gasteiger partial charge in [-0.15, -0.1) is 15.4 Å². The largest absolute Gasteiger partial charge is 0.739 e. The lowest BCUT2D eigenvalue weighted by Crippen LogP contribution is -2.28. The van der Waals surface area contributed by atoms with Gasteiger partial charge in [0.25, 0.3) is 0 Å². The number of anilines is 3. The maximum Gasteiger partial charge on any atom is 0.714 e. The summed E-state index contributed by atoms with van der Waals surface area (Å²) < 4.78 is 9.97. The van der Waals surface area contributed by atoms with Crippen LogP contribution in [0.1, 0.15) is 0 Å². The van der Waals surface area contributed by atoms with E-state index in [1.165, 1.54) is 22.3 Å². The van der Waals surface area contributed by atoms with Crippen LogP contribution in [0, 0.1) is 20.2 Å². The molecular weight excluding hydrogens is 573 g/mol. The molecule has 1 heterocycles. The summed E-state index contributed by atoms with van der Waals surface area (Å²) in [5.74, 6) is 0. The van der Waals surface area contributed by atoms with Crippen LogP contribution in [0.3, 0.4) is 0 Å². The average Bonchev–Trinajstić information content (AvgIpc) is 3.62. The standard InChI is InChI=1S/C8H10N2O.C7H8N2O.2C6H6N2O2.Al.H3N/c1-10(2)8-5-3-7(9-11)4-6-8;1-9(8-10)7-5-3-2-4-6-7;2*9-7-8(10)6-4-2-1-3-5-6;;/h3-6H,1-2H3;2-6H,1H3;1-5,9H;1-5,7H;;1H3/q;;;-2;+2;. The van der Waals surface area contributed by atoms with Crippen molar-refractivity contribution in [2.24, 2.45) is 15.7 Å². The zero-order chi connectivity index (χ0) is 30.6. The first-order valence-corrected chi connectivity index (χ1v) is 13.2. The summed E-state index contributed by atoms with van der Waals surface area (Å²) in [5.41, 5.74) is 6.15. The SMILES string of the molecule is CN(C)c1ccc(N=O)cc1.CN(N=O)c1ccccc1.[NH4+].[O-]N=[N+]([O-])c1ccccc1.c1ccc(N2N[O][Al][O]2)cc1. The molecule has 16 heteroatoms. The highest BCUT2D eigenvalue weighted by Gasteiger charge is 2.16. The predicted octanol–water partition coefficient (Wildman–Crippen LogP) is 6.52. The fourth-order valence-electron chi connectivity index (χ4n) is 2.94. The Kier molecular flexibility index (Phi) is 17.5. The topological polar surface area (TPSA) is 197 Å². The van der Waals surface area contributed by atoms with Crippen LogP contribution >= 0.6 is 0 Å². The molecule has 5 rings (SSSR count). The Morgan fingerprint density at radius 3 is 1.77 bits per heavy atom. The van der Waals surface area contributed by atoms with Crippen LogP contribution in [0.15, 0.2) is 131 Å². The Hall–Kier alpha value is -4.95. The summed E-state index contributed by atoms with van der Waals surface area (Å²) in [5, 5.41) is 30.6. The van der Waals surface area contributed by atoms with Gasteiger partial charge in [0.05, 0.1) is 16.7 Å². The van der Waals surface area contributed by atoms with Crippen molar-refractivity contribution in [3.8, 4) is 0 Å². The molecule has 0 saturated carbocycles. The molecule has 1 saturated heterocycles. The second kappa shape index (κ2) is 20.9. The number of hydrogen-bond acceptors (Lipinski definition) is 12. The Balaban J connectivity index is 0.000000285. The monoisotopic (exact) mass is 606 g/mol. The summed E-state index contributed by atoms with van der Waals surface area (Å²) in [6, 6.07) is 34.1. The first-order chi connectivity index (χ1) is 20.4. The molecule has 0 aromatic heterocycles. The van der Waals surface area contributed by atoms with Crippen molar-refractivity contribution in [2.45, 2.75) is 0 Å². The van der Waals surface area contributed by atoms with Gasteiger partial charge in [0.1, 0.15) is 5.69 Å². The molecular formula is C27H33AlN9O6. The molecule has 1 aliphatic rings. The van der Waals surface area contributed by atoms with Gasteiger partial charge in [-0.25, -0.2) is 5.01 Å². The molecule has 15 nitrogen and oxygen atoms in total. The highest BCUT2D eigenvalue weighted by molar-refractivity contribution is 6.18. The van der Waals surface area contributed by atoms with Crippen LogP contribution in [-0.2, 0) is 7.78 Å². The number of para-hydroxylation sites is 3. The van der Waals surface area contributed by atoms with Gasteiger partial charge < -0.3 is 29.2 Å². The number of hydrazine groups is 1. The average molecular weight is 607 g/mol. The molecule has 0 aliphatic carbocycles. The van der Waals surface area contributed by atoms with Gasteiger partial charge in [-0.2, -0.15) is 5.17 Å². The molecule has 0 amide bonds. The van der Waals surface area contributed by atoms with Crippen molar-refractivity contribution in [3.63, 3.8) is 0 Å². The lowest BCUT2D eigenvalue weighted by molar-refractivity contribution is -0.436. The number of benzene rings is 4. The van der Waals surface area contributed by atoms with Gasteiger partial charge in [0, 0.05) is 39.0 Å². The number of quaternary nitrogens is 1. The van der Waals surface area contributed by atoms with Gasteiger partial charge in [0.2, 0.25) is 5.69 Å². The lowest BCUT2D eigenvalue weighted by atomic mass is 10.3. The highest BCUT2D eigenvalue weighted by Crippen LogP contribution is 2.17. The Bertz CT molecular complexity index is 1330. The quantitative estimate of drug-likeness (QED) is 0.0801. The first-order valence-electron chi connectivity index (χ1n) is 12.2. The fourth-order valence-corrected chi connectivity index (χ4v) is 3.37. The molecule has 4 aromatic carbocycles. The Morgan fingerprint density at radius 2 is 1.33 bits per heavy atom. The van der Waals surface area contributed by atoms with Crippen LogP contribution in [0.5, 0.6) is 0 Å². The molecule has 1 radical (unpaired) electrons. The predicted molar refractivity (Wildman–Crippen MR) is 168 cm³/mol. The van der Waals surface area contributed by atoms with Crippen LogP contribution < -0.4 is 26.8 Å². The molecule has 0 bridgehead atoms. The van der Waals surface area contributed by atoms with Gasteiger partial charge >= 0.3 is 15.9 Å². The molecule has 0 atom stereocenters. The Labute approximate surface area is 255 Å². The summed E-state index contributed by atoms with van der Waals surface area (Å²) in [6.07, 6.45) is 0. The van der Waals surface area contributed by atoms with Gasteiger partial charge in [-0.1, -0.05) is 59.5 Å². The number of nitrogens with zero attached hydrogens (tertiary/aromatic N) is 7.